The summed E-state index contributed by atoms with van der Waals surface area (Å²) in [7, 11) is 0. The van der Waals surface area contributed by atoms with Gasteiger partial charge in [-0.3, -0.25) is 14.6 Å². The maximum Gasteiger partial charge on any atom is 0.254 e. The molecule has 1 aliphatic carbocycles. The van der Waals surface area contributed by atoms with E-state index < -0.39 is 0 Å². The second kappa shape index (κ2) is 8.87. The number of aromatic nitrogens is 1. The zero-order chi connectivity index (χ0) is 20.2. The third-order valence-electron chi connectivity index (χ3n) is 6.35. The molecule has 0 radical (unpaired) electrons. The summed E-state index contributed by atoms with van der Waals surface area (Å²) in [6.07, 6.45) is 5.73. The van der Waals surface area contributed by atoms with Gasteiger partial charge in [-0.05, 0) is 49.6 Å². The normalized spacial score (nSPS) is 17.3. The molecule has 0 saturated carbocycles. The minimum absolute atomic E-state index is 0.0717. The van der Waals surface area contributed by atoms with Gasteiger partial charge in [-0.2, -0.15) is 0 Å². The van der Waals surface area contributed by atoms with Crippen molar-refractivity contribution < 1.29 is 9.59 Å². The van der Waals surface area contributed by atoms with Crippen molar-refractivity contribution >= 4 is 11.7 Å². The molecule has 1 aliphatic heterocycles. The van der Waals surface area contributed by atoms with Crippen LogP contribution in [0.5, 0.6) is 0 Å². The Bertz CT molecular complexity index is 873. The van der Waals surface area contributed by atoms with Crippen LogP contribution in [0.2, 0.25) is 0 Å². The van der Waals surface area contributed by atoms with Crippen LogP contribution in [0.15, 0.2) is 42.6 Å². The fourth-order valence-corrected chi connectivity index (χ4v) is 4.62. The van der Waals surface area contributed by atoms with E-state index in [0.717, 1.165) is 55.7 Å². The van der Waals surface area contributed by atoms with Crippen molar-refractivity contribution in [3.8, 4) is 0 Å². The molecule has 0 unspecified atom stereocenters. The van der Waals surface area contributed by atoms with E-state index in [9.17, 15) is 9.59 Å². The van der Waals surface area contributed by atoms with Gasteiger partial charge < -0.3 is 9.80 Å². The molecule has 1 aromatic heterocycles. The molecular weight excluding hydrogens is 362 g/mol. The van der Waals surface area contributed by atoms with Crippen molar-refractivity contribution in [3.05, 3.63) is 65.0 Å². The Morgan fingerprint density at radius 3 is 2.69 bits per heavy atom. The van der Waals surface area contributed by atoms with Gasteiger partial charge in [0.2, 0.25) is 0 Å². The van der Waals surface area contributed by atoms with Crippen LogP contribution in [-0.4, -0.2) is 58.7 Å². The summed E-state index contributed by atoms with van der Waals surface area (Å²) in [5, 5.41) is 0. The lowest BCUT2D eigenvalue weighted by Gasteiger charge is -2.38. The maximum absolute atomic E-state index is 13.7. The Hall–Kier alpha value is -2.53. The van der Waals surface area contributed by atoms with E-state index in [1.54, 1.807) is 6.20 Å². The van der Waals surface area contributed by atoms with Crippen molar-refractivity contribution in [1.82, 2.24) is 14.8 Å². The molecule has 2 aliphatic rings. The lowest BCUT2D eigenvalue weighted by Crippen LogP contribution is -2.48. The van der Waals surface area contributed by atoms with E-state index in [0.29, 0.717) is 24.9 Å². The van der Waals surface area contributed by atoms with E-state index in [-0.39, 0.29) is 17.7 Å². The first-order chi connectivity index (χ1) is 14.2. The number of likely N-dealkylation sites (tertiary alicyclic amines) is 1. The van der Waals surface area contributed by atoms with Crippen LogP contribution in [0.1, 0.15) is 58.2 Å². The molecule has 5 heteroatoms. The zero-order valence-electron chi connectivity index (χ0n) is 17.1. The number of ketones is 1. The highest BCUT2D eigenvalue weighted by Crippen LogP contribution is 2.28. The van der Waals surface area contributed by atoms with Crippen molar-refractivity contribution in [1.29, 1.82) is 0 Å². The maximum atomic E-state index is 13.7. The first-order valence-electron chi connectivity index (χ1n) is 10.8. The van der Waals surface area contributed by atoms with E-state index in [1.165, 1.54) is 0 Å². The number of pyridine rings is 1. The molecule has 0 spiro atoms. The largest absolute Gasteiger partial charge is 0.335 e. The van der Waals surface area contributed by atoms with Crippen molar-refractivity contribution in [2.75, 3.05) is 26.2 Å². The van der Waals surface area contributed by atoms with Gasteiger partial charge in [0.25, 0.3) is 5.91 Å². The van der Waals surface area contributed by atoms with Gasteiger partial charge in [0, 0.05) is 61.5 Å². The number of carbonyl (C=O) groups excluding carboxylic acids is 2. The second-order valence-electron chi connectivity index (χ2n) is 7.99. The molecule has 1 saturated heterocycles. The molecule has 1 amide bonds. The molecule has 152 valence electrons. The van der Waals surface area contributed by atoms with Crippen LogP contribution in [0, 0.1) is 0 Å². The van der Waals surface area contributed by atoms with Gasteiger partial charge in [-0.1, -0.05) is 25.1 Å². The summed E-state index contributed by atoms with van der Waals surface area (Å²) in [6.45, 7) is 5.96. The van der Waals surface area contributed by atoms with E-state index >= 15 is 0 Å². The van der Waals surface area contributed by atoms with Crippen LogP contribution >= 0.6 is 0 Å². The molecule has 2 heterocycles. The topological polar surface area (TPSA) is 53.5 Å². The van der Waals surface area contributed by atoms with Gasteiger partial charge in [0.15, 0.2) is 5.78 Å². The van der Waals surface area contributed by atoms with Gasteiger partial charge in [0.05, 0.1) is 0 Å². The Kier molecular flexibility index (Phi) is 6.05. The molecule has 4 rings (SSSR count). The smallest absolute Gasteiger partial charge is 0.254 e. The minimum Gasteiger partial charge on any atom is -0.335 e. The van der Waals surface area contributed by atoms with Gasteiger partial charge in [0.1, 0.15) is 0 Å². The number of Topliss-reactive ketones (excluding diaryl/α,β-unsaturated/α-hetero) is 1. The number of rotatable bonds is 6. The average molecular weight is 392 g/mol. The molecule has 0 atom stereocenters. The van der Waals surface area contributed by atoms with Gasteiger partial charge in [-0.15, -0.1) is 0 Å². The van der Waals surface area contributed by atoms with Crippen LogP contribution in [0.25, 0.3) is 0 Å². The summed E-state index contributed by atoms with van der Waals surface area (Å²) in [5.74, 6) is 0.230. The Balaban J connectivity index is 1.58. The number of hydrogen-bond acceptors (Lipinski definition) is 4. The standard InChI is InChI=1S/C24H29N3O2/c1-2-26-15-12-19(13-16-26)27(17-11-18-6-3-4-14-25-18)24(29)22-8-5-7-21-20(22)9-10-23(21)28/h3-8,14,19H,2,9-13,15-17H2,1H3. The first kappa shape index (κ1) is 19.8. The average Bonchev–Trinajstić information content (AvgIpc) is 3.16. The number of amides is 1. The molecule has 5 nitrogen and oxygen atoms in total. The van der Waals surface area contributed by atoms with Crippen LogP contribution in [-0.2, 0) is 12.8 Å². The molecule has 1 fully saturated rings. The summed E-state index contributed by atoms with van der Waals surface area (Å²) >= 11 is 0. The summed E-state index contributed by atoms with van der Waals surface area (Å²) in [5.41, 5.74) is 3.40. The molecule has 0 bridgehead atoms. The predicted molar refractivity (Wildman–Crippen MR) is 113 cm³/mol. The number of fused-ring (bicyclic) bond motifs is 1. The zero-order valence-corrected chi connectivity index (χ0v) is 17.1. The van der Waals surface area contributed by atoms with E-state index in [2.05, 4.69) is 21.7 Å². The SMILES string of the molecule is CCN1CCC(N(CCc2ccccn2)C(=O)c2cccc3c2CCC3=O)CC1. The van der Waals surface area contributed by atoms with E-state index in [4.69, 9.17) is 0 Å². The van der Waals surface area contributed by atoms with Crippen molar-refractivity contribution in [2.24, 2.45) is 0 Å². The van der Waals surface area contributed by atoms with Crippen molar-refractivity contribution in [2.45, 2.75) is 45.1 Å². The fourth-order valence-electron chi connectivity index (χ4n) is 4.62. The van der Waals surface area contributed by atoms with Crippen molar-refractivity contribution in [3.63, 3.8) is 0 Å². The molecule has 0 N–H and O–H groups in total. The Morgan fingerprint density at radius 1 is 1.14 bits per heavy atom. The van der Waals surface area contributed by atoms with Gasteiger partial charge in [-0.25, -0.2) is 0 Å². The second-order valence-corrected chi connectivity index (χ2v) is 7.99. The number of benzene rings is 1. The van der Waals surface area contributed by atoms with E-state index in [1.807, 2.05) is 36.4 Å². The van der Waals surface area contributed by atoms with Crippen LogP contribution < -0.4 is 0 Å². The number of piperidine rings is 1. The molecule has 29 heavy (non-hydrogen) atoms. The summed E-state index contributed by atoms with van der Waals surface area (Å²) in [4.78, 5) is 34.7. The monoisotopic (exact) mass is 391 g/mol. The highest BCUT2D eigenvalue weighted by Gasteiger charge is 2.31. The lowest BCUT2D eigenvalue weighted by molar-refractivity contribution is 0.0578. The van der Waals surface area contributed by atoms with Gasteiger partial charge >= 0.3 is 0 Å². The highest BCUT2D eigenvalue weighted by atomic mass is 16.2. The van der Waals surface area contributed by atoms with Crippen LogP contribution in [0.3, 0.4) is 0 Å². The quantitative estimate of drug-likeness (QED) is 0.758. The third kappa shape index (κ3) is 4.25. The predicted octanol–water partition coefficient (Wildman–Crippen LogP) is 3.38. The molecule has 2 aromatic rings. The Morgan fingerprint density at radius 2 is 1.97 bits per heavy atom. The van der Waals surface area contributed by atoms with Crippen LogP contribution in [0.4, 0.5) is 0 Å². The fraction of sp³-hybridized carbons (Fsp3) is 0.458. The third-order valence-corrected chi connectivity index (χ3v) is 6.35. The number of nitrogens with zero attached hydrogens (tertiary/aromatic N) is 3. The highest BCUT2D eigenvalue weighted by molar-refractivity contribution is 6.05. The Labute approximate surface area is 172 Å². The lowest BCUT2D eigenvalue weighted by atomic mass is 9.98. The summed E-state index contributed by atoms with van der Waals surface area (Å²) in [6, 6.07) is 11.8. The number of carbonyl (C=O) groups is 2. The molecule has 1 aromatic carbocycles. The first-order valence-corrected chi connectivity index (χ1v) is 10.8. The number of hydrogen-bond donors (Lipinski definition) is 0. The minimum atomic E-state index is 0.0717. The molecular formula is C24H29N3O2. The summed E-state index contributed by atoms with van der Waals surface area (Å²) < 4.78 is 0.